The Balaban J connectivity index is 2.01. The summed E-state index contributed by atoms with van der Waals surface area (Å²) in [5, 5.41) is 3.76. The van der Waals surface area contributed by atoms with E-state index in [1.54, 1.807) is 40.4 Å². The molecule has 0 bridgehead atoms. The maximum atomic E-state index is 12.3. The fourth-order valence-electron chi connectivity index (χ4n) is 2.00. The minimum Gasteiger partial charge on any atom is -0.309 e. The van der Waals surface area contributed by atoms with Crippen molar-refractivity contribution in [3.8, 4) is 0 Å². The summed E-state index contributed by atoms with van der Waals surface area (Å²) in [6.07, 6.45) is 4.41. The smallest absolute Gasteiger partial charge is 0.260 e. The van der Waals surface area contributed by atoms with Crippen LogP contribution in [0.1, 0.15) is 17.6 Å². The standard InChI is InChI=1S/C14H13N3OS/c1-2-13-16-10(9-19-13)8-17-7-5-12-11(14(17)18)4-3-6-15-12/h3-7,9H,2,8H2,1H3. The van der Waals surface area contributed by atoms with Gasteiger partial charge in [0.15, 0.2) is 0 Å². The Hall–Kier alpha value is -2.01. The average Bonchev–Trinajstić information content (AvgIpc) is 2.90. The third kappa shape index (κ3) is 2.29. The molecule has 0 spiro atoms. The molecular weight excluding hydrogens is 258 g/mol. The van der Waals surface area contributed by atoms with Gasteiger partial charge in [-0.25, -0.2) is 4.98 Å². The maximum absolute atomic E-state index is 12.3. The van der Waals surface area contributed by atoms with E-state index in [1.807, 2.05) is 11.4 Å². The van der Waals surface area contributed by atoms with Crippen molar-refractivity contribution in [2.75, 3.05) is 0 Å². The van der Waals surface area contributed by atoms with Crippen LogP contribution in [0.2, 0.25) is 0 Å². The minimum atomic E-state index is -0.0170. The zero-order valence-corrected chi connectivity index (χ0v) is 11.4. The molecule has 0 aliphatic rings. The molecule has 0 aromatic carbocycles. The van der Waals surface area contributed by atoms with Gasteiger partial charge in [0.2, 0.25) is 0 Å². The fourth-order valence-corrected chi connectivity index (χ4v) is 2.73. The first-order valence-electron chi connectivity index (χ1n) is 6.15. The molecule has 3 rings (SSSR count). The van der Waals surface area contributed by atoms with Crippen molar-refractivity contribution in [3.63, 3.8) is 0 Å². The predicted molar refractivity (Wildman–Crippen MR) is 76.6 cm³/mol. The lowest BCUT2D eigenvalue weighted by atomic mass is 10.2. The third-order valence-electron chi connectivity index (χ3n) is 2.98. The van der Waals surface area contributed by atoms with Crippen LogP contribution in [0.15, 0.2) is 40.8 Å². The van der Waals surface area contributed by atoms with Crippen LogP contribution < -0.4 is 5.56 Å². The predicted octanol–water partition coefficient (Wildman–Crippen LogP) is 2.46. The second-order valence-electron chi connectivity index (χ2n) is 4.27. The first-order chi connectivity index (χ1) is 9.28. The Morgan fingerprint density at radius 3 is 3.05 bits per heavy atom. The van der Waals surface area contributed by atoms with E-state index in [9.17, 15) is 4.79 Å². The summed E-state index contributed by atoms with van der Waals surface area (Å²) in [4.78, 5) is 21.0. The maximum Gasteiger partial charge on any atom is 0.260 e. The molecule has 3 heterocycles. The highest BCUT2D eigenvalue weighted by Crippen LogP contribution is 2.11. The van der Waals surface area contributed by atoms with Crippen molar-refractivity contribution in [1.29, 1.82) is 0 Å². The molecule has 96 valence electrons. The van der Waals surface area contributed by atoms with Gasteiger partial charge < -0.3 is 4.57 Å². The average molecular weight is 271 g/mol. The van der Waals surface area contributed by atoms with Gasteiger partial charge in [-0.05, 0) is 24.6 Å². The first kappa shape index (κ1) is 12.0. The third-order valence-corrected chi connectivity index (χ3v) is 4.02. The van der Waals surface area contributed by atoms with Gasteiger partial charge >= 0.3 is 0 Å². The fraction of sp³-hybridized carbons (Fsp3) is 0.214. The Morgan fingerprint density at radius 2 is 2.26 bits per heavy atom. The number of aromatic nitrogens is 3. The quantitative estimate of drug-likeness (QED) is 0.735. The number of rotatable bonds is 3. The number of pyridine rings is 2. The number of nitrogens with zero attached hydrogens (tertiary/aromatic N) is 3. The van der Waals surface area contributed by atoms with Crippen molar-refractivity contribution in [2.45, 2.75) is 19.9 Å². The van der Waals surface area contributed by atoms with Crippen LogP contribution in [0, 0.1) is 0 Å². The molecule has 4 nitrogen and oxygen atoms in total. The number of thiazole rings is 1. The molecule has 0 saturated heterocycles. The number of hydrogen-bond acceptors (Lipinski definition) is 4. The minimum absolute atomic E-state index is 0.0170. The van der Waals surface area contributed by atoms with Crippen LogP contribution in [-0.2, 0) is 13.0 Å². The monoisotopic (exact) mass is 271 g/mol. The highest BCUT2D eigenvalue weighted by molar-refractivity contribution is 7.09. The Morgan fingerprint density at radius 1 is 1.37 bits per heavy atom. The summed E-state index contributed by atoms with van der Waals surface area (Å²) < 4.78 is 1.68. The van der Waals surface area contributed by atoms with Crippen molar-refractivity contribution < 1.29 is 0 Å². The van der Waals surface area contributed by atoms with Crippen molar-refractivity contribution >= 4 is 22.2 Å². The van der Waals surface area contributed by atoms with E-state index in [0.717, 1.165) is 22.6 Å². The second-order valence-corrected chi connectivity index (χ2v) is 5.21. The summed E-state index contributed by atoms with van der Waals surface area (Å²) in [5.41, 5.74) is 1.65. The molecule has 0 fully saturated rings. The van der Waals surface area contributed by atoms with Gasteiger partial charge in [0, 0.05) is 17.8 Å². The summed E-state index contributed by atoms with van der Waals surface area (Å²) in [7, 11) is 0. The molecule has 0 radical (unpaired) electrons. The van der Waals surface area contributed by atoms with E-state index in [4.69, 9.17) is 0 Å². The van der Waals surface area contributed by atoms with Gasteiger partial charge in [-0.3, -0.25) is 9.78 Å². The Kier molecular flexibility index (Phi) is 3.13. The SMILES string of the molecule is CCc1nc(Cn2ccc3ncccc3c2=O)cs1. The van der Waals surface area contributed by atoms with Crippen LogP contribution in [0.25, 0.3) is 10.9 Å². The van der Waals surface area contributed by atoms with Crippen LogP contribution >= 0.6 is 11.3 Å². The lowest BCUT2D eigenvalue weighted by molar-refractivity contribution is 0.748. The van der Waals surface area contributed by atoms with Crippen LogP contribution in [0.4, 0.5) is 0 Å². The van der Waals surface area contributed by atoms with Crippen molar-refractivity contribution in [3.05, 3.63) is 57.0 Å². The van der Waals surface area contributed by atoms with Gasteiger partial charge in [-0.1, -0.05) is 6.92 Å². The van der Waals surface area contributed by atoms with E-state index < -0.39 is 0 Å². The Labute approximate surface area is 114 Å². The molecule has 0 amide bonds. The first-order valence-corrected chi connectivity index (χ1v) is 7.03. The zero-order valence-electron chi connectivity index (χ0n) is 10.5. The van der Waals surface area contributed by atoms with Gasteiger partial charge in [0.1, 0.15) is 0 Å². The summed E-state index contributed by atoms with van der Waals surface area (Å²) in [6, 6.07) is 5.45. The molecule has 3 aromatic rings. The normalized spacial score (nSPS) is 11.0. The van der Waals surface area contributed by atoms with Crippen molar-refractivity contribution in [2.24, 2.45) is 0 Å². The molecule has 0 N–H and O–H groups in total. The zero-order chi connectivity index (χ0) is 13.2. The summed E-state index contributed by atoms with van der Waals surface area (Å²) in [5.74, 6) is 0. The van der Waals surface area contributed by atoms with Crippen LogP contribution in [0.3, 0.4) is 0 Å². The molecule has 0 saturated carbocycles. The van der Waals surface area contributed by atoms with Crippen LogP contribution in [-0.4, -0.2) is 14.5 Å². The molecule has 0 aliphatic heterocycles. The van der Waals surface area contributed by atoms with Gasteiger partial charge in [0.25, 0.3) is 5.56 Å². The highest BCUT2D eigenvalue weighted by Gasteiger charge is 2.06. The molecule has 0 atom stereocenters. The Bertz CT molecular complexity index is 775. The van der Waals surface area contributed by atoms with Gasteiger partial charge in [-0.15, -0.1) is 11.3 Å². The number of hydrogen-bond donors (Lipinski definition) is 0. The second kappa shape index (κ2) is 4.93. The summed E-state index contributed by atoms with van der Waals surface area (Å²) >= 11 is 1.64. The number of aryl methyl sites for hydroxylation is 1. The number of fused-ring (bicyclic) bond motifs is 1. The lowest BCUT2D eigenvalue weighted by Gasteiger charge is -2.04. The van der Waals surface area contributed by atoms with Crippen molar-refractivity contribution in [1.82, 2.24) is 14.5 Å². The van der Waals surface area contributed by atoms with E-state index in [-0.39, 0.29) is 5.56 Å². The molecular formula is C14H13N3OS. The van der Waals surface area contributed by atoms with E-state index in [1.165, 1.54) is 0 Å². The molecule has 3 aromatic heterocycles. The van der Waals surface area contributed by atoms with Gasteiger partial charge in [-0.2, -0.15) is 0 Å². The van der Waals surface area contributed by atoms with E-state index >= 15 is 0 Å². The highest BCUT2D eigenvalue weighted by atomic mass is 32.1. The van der Waals surface area contributed by atoms with E-state index in [0.29, 0.717) is 11.9 Å². The van der Waals surface area contributed by atoms with E-state index in [2.05, 4.69) is 16.9 Å². The molecule has 0 aliphatic carbocycles. The molecule has 5 heteroatoms. The summed E-state index contributed by atoms with van der Waals surface area (Å²) in [6.45, 7) is 2.59. The largest absolute Gasteiger partial charge is 0.309 e. The molecule has 0 unspecified atom stereocenters. The van der Waals surface area contributed by atoms with Gasteiger partial charge in [0.05, 0.1) is 28.1 Å². The lowest BCUT2D eigenvalue weighted by Crippen LogP contribution is -2.20. The topological polar surface area (TPSA) is 47.8 Å². The molecule has 19 heavy (non-hydrogen) atoms. The van der Waals surface area contributed by atoms with Crippen LogP contribution in [0.5, 0.6) is 0 Å².